The first kappa shape index (κ1) is 17.4. The third kappa shape index (κ3) is 3.96. The molecular formula is C17H28N4O3. The van der Waals surface area contributed by atoms with Crippen molar-refractivity contribution in [2.75, 3.05) is 45.9 Å². The van der Waals surface area contributed by atoms with Crippen LogP contribution in [0.25, 0.3) is 0 Å². The lowest BCUT2D eigenvalue weighted by Gasteiger charge is -2.33. The third-order valence-electron chi connectivity index (χ3n) is 5.25. The van der Waals surface area contributed by atoms with Crippen molar-refractivity contribution in [3.63, 3.8) is 0 Å². The van der Waals surface area contributed by atoms with Gasteiger partial charge in [-0.25, -0.2) is 0 Å². The first-order chi connectivity index (χ1) is 11.5. The molecule has 2 aliphatic rings. The van der Waals surface area contributed by atoms with E-state index in [-0.39, 0.29) is 5.91 Å². The zero-order valence-corrected chi connectivity index (χ0v) is 14.7. The number of nitrogens with zero attached hydrogens (tertiary/aromatic N) is 4. The molecule has 7 heteroatoms. The lowest BCUT2D eigenvalue weighted by molar-refractivity contribution is -0.131. The molecule has 2 fully saturated rings. The van der Waals surface area contributed by atoms with Crippen molar-refractivity contribution in [2.45, 2.75) is 31.8 Å². The number of morpholine rings is 1. The van der Waals surface area contributed by atoms with Crippen LogP contribution in [-0.2, 0) is 23.0 Å². The molecule has 7 nitrogen and oxygen atoms in total. The highest BCUT2D eigenvalue weighted by molar-refractivity contribution is 5.77. The number of aryl methyl sites for hydroxylation is 2. The average Bonchev–Trinajstić information content (AvgIpc) is 3.10. The molecule has 1 aromatic heterocycles. The molecule has 1 aromatic rings. The van der Waals surface area contributed by atoms with Crippen LogP contribution in [0.1, 0.15) is 24.1 Å². The van der Waals surface area contributed by atoms with Crippen LogP contribution in [0.2, 0.25) is 0 Å². The van der Waals surface area contributed by atoms with E-state index in [1.54, 1.807) is 0 Å². The van der Waals surface area contributed by atoms with Gasteiger partial charge >= 0.3 is 0 Å². The van der Waals surface area contributed by atoms with Crippen LogP contribution in [0, 0.1) is 6.92 Å². The Kier molecular flexibility index (Phi) is 5.22. The van der Waals surface area contributed by atoms with Crippen LogP contribution in [0.15, 0.2) is 6.20 Å². The van der Waals surface area contributed by atoms with E-state index >= 15 is 0 Å². The topological polar surface area (TPSA) is 70.8 Å². The molecule has 2 saturated heterocycles. The fourth-order valence-electron chi connectivity index (χ4n) is 3.56. The van der Waals surface area contributed by atoms with Gasteiger partial charge in [0.1, 0.15) is 0 Å². The number of amides is 1. The van der Waals surface area contributed by atoms with Gasteiger partial charge in [-0.3, -0.25) is 14.4 Å². The number of hydrogen-bond acceptors (Lipinski definition) is 5. The van der Waals surface area contributed by atoms with Crippen molar-refractivity contribution >= 4 is 5.91 Å². The third-order valence-corrected chi connectivity index (χ3v) is 5.25. The molecule has 1 amide bonds. The minimum Gasteiger partial charge on any atom is -0.387 e. The maximum absolute atomic E-state index is 12.5. The summed E-state index contributed by atoms with van der Waals surface area (Å²) >= 11 is 0. The Morgan fingerprint density at radius 3 is 2.79 bits per heavy atom. The summed E-state index contributed by atoms with van der Waals surface area (Å²) in [5.41, 5.74) is 1.44. The number of aromatic nitrogens is 2. The van der Waals surface area contributed by atoms with Crippen molar-refractivity contribution < 1.29 is 14.6 Å². The van der Waals surface area contributed by atoms with Crippen molar-refractivity contribution in [3.8, 4) is 0 Å². The van der Waals surface area contributed by atoms with E-state index in [4.69, 9.17) is 4.74 Å². The highest BCUT2D eigenvalue weighted by Crippen LogP contribution is 2.24. The fraction of sp³-hybridized carbons (Fsp3) is 0.765. The number of β-amino-alcohol motifs (C(OH)–C–C–N with tert-alkyl or cyclic N) is 1. The molecule has 134 valence electrons. The van der Waals surface area contributed by atoms with Gasteiger partial charge in [-0.2, -0.15) is 5.10 Å². The zero-order chi connectivity index (χ0) is 17.2. The molecule has 1 atom stereocenters. The van der Waals surface area contributed by atoms with E-state index in [0.29, 0.717) is 38.9 Å². The minimum absolute atomic E-state index is 0.121. The highest BCUT2D eigenvalue weighted by Gasteiger charge is 2.39. The van der Waals surface area contributed by atoms with Gasteiger partial charge in [0.15, 0.2) is 0 Å². The maximum Gasteiger partial charge on any atom is 0.223 e. The maximum atomic E-state index is 12.5. The van der Waals surface area contributed by atoms with Gasteiger partial charge in [0.25, 0.3) is 0 Å². The largest absolute Gasteiger partial charge is 0.387 e. The van der Waals surface area contributed by atoms with E-state index < -0.39 is 5.60 Å². The lowest BCUT2D eigenvalue weighted by Crippen LogP contribution is -2.49. The van der Waals surface area contributed by atoms with E-state index in [1.165, 1.54) is 0 Å². The minimum atomic E-state index is -0.781. The number of carbonyl (C=O) groups is 1. The molecule has 0 bridgehead atoms. The average molecular weight is 336 g/mol. The molecule has 1 N–H and O–H groups in total. The number of aliphatic hydroxyl groups is 1. The SMILES string of the molecule is Cc1c(CCC(=O)N2CC[C@@](O)(CN3CCOCC3)C2)cnn1C. The van der Waals surface area contributed by atoms with Gasteiger partial charge in [-0.1, -0.05) is 0 Å². The number of hydrogen-bond donors (Lipinski definition) is 1. The molecule has 0 aromatic carbocycles. The Hall–Kier alpha value is -1.44. The van der Waals surface area contributed by atoms with Gasteiger partial charge < -0.3 is 14.7 Å². The quantitative estimate of drug-likeness (QED) is 0.817. The molecular weight excluding hydrogens is 308 g/mol. The molecule has 0 unspecified atom stereocenters. The van der Waals surface area contributed by atoms with E-state index in [9.17, 15) is 9.90 Å². The first-order valence-corrected chi connectivity index (χ1v) is 8.75. The predicted molar refractivity (Wildman–Crippen MR) is 89.7 cm³/mol. The van der Waals surface area contributed by atoms with Gasteiger partial charge in [0, 0.05) is 45.3 Å². The smallest absolute Gasteiger partial charge is 0.223 e. The Morgan fingerprint density at radius 2 is 2.12 bits per heavy atom. The second kappa shape index (κ2) is 7.21. The van der Waals surface area contributed by atoms with Crippen LogP contribution in [-0.4, -0.2) is 82.1 Å². The van der Waals surface area contributed by atoms with Crippen LogP contribution in [0.3, 0.4) is 0 Å². The van der Waals surface area contributed by atoms with Crippen molar-refractivity contribution in [1.29, 1.82) is 0 Å². The molecule has 0 radical (unpaired) electrons. The summed E-state index contributed by atoms with van der Waals surface area (Å²) in [4.78, 5) is 16.5. The first-order valence-electron chi connectivity index (χ1n) is 8.75. The van der Waals surface area contributed by atoms with Crippen molar-refractivity contribution in [1.82, 2.24) is 19.6 Å². The van der Waals surface area contributed by atoms with E-state index in [1.807, 2.05) is 29.7 Å². The number of rotatable bonds is 5. The summed E-state index contributed by atoms with van der Waals surface area (Å²) in [6, 6.07) is 0. The van der Waals surface area contributed by atoms with Crippen LogP contribution in [0.4, 0.5) is 0 Å². The van der Waals surface area contributed by atoms with Crippen molar-refractivity contribution in [3.05, 3.63) is 17.5 Å². The van der Waals surface area contributed by atoms with Gasteiger partial charge in [-0.05, 0) is 25.3 Å². The highest BCUT2D eigenvalue weighted by atomic mass is 16.5. The number of ether oxygens (including phenoxy) is 1. The second-order valence-corrected chi connectivity index (χ2v) is 7.06. The van der Waals surface area contributed by atoms with Gasteiger partial charge in [0.05, 0.1) is 31.6 Å². The monoisotopic (exact) mass is 336 g/mol. The second-order valence-electron chi connectivity index (χ2n) is 7.06. The predicted octanol–water partition coefficient (Wildman–Crippen LogP) is -0.0433. The molecule has 3 rings (SSSR count). The van der Waals surface area contributed by atoms with Crippen LogP contribution in [0.5, 0.6) is 0 Å². The molecule has 0 saturated carbocycles. The summed E-state index contributed by atoms with van der Waals surface area (Å²) in [7, 11) is 1.91. The number of carbonyl (C=O) groups excluding carboxylic acids is 1. The summed E-state index contributed by atoms with van der Waals surface area (Å²) in [5, 5.41) is 15.0. The van der Waals surface area contributed by atoms with Crippen LogP contribution < -0.4 is 0 Å². The molecule has 3 heterocycles. The van der Waals surface area contributed by atoms with Gasteiger partial charge in [-0.15, -0.1) is 0 Å². The Bertz CT molecular complexity index is 582. The zero-order valence-electron chi connectivity index (χ0n) is 14.7. The standard InChI is InChI=1S/C17H28N4O3/c1-14-15(11-18-19(14)2)3-4-16(22)21-6-5-17(23,13-21)12-20-7-9-24-10-8-20/h11,23H,3-10,12-13H2,1-2H3/t17-/m1/s1. The Balaban J connectivity index is 1.49. The normalized spacial score (nSPS) is 25.4. The van der Waals surface area contributed by atoms with Crippen molar-refractivity contribution in [2.24, 2.45) is 7.05 Å². The Morgan fingerprint density at radius 1 is 1.38 bits per heavy atom. The summed E-state index contributed by atoms with van der Waals surface area (Å²) in [6.07, 6.45) is 3.67. The molecule has 0 aliphatic carbocycles. The summed E-state index contributed by atoms with van der Waals surface area (Å²) < 4.78 is 7.18. The Labute approximate surface area is 143 Å². The van der Waals surface area contributed by atoms with E-state index in [2.05, 4.69) is 10.00 Å². The molecule has 24 heavy (non-hydrogen) atoms. The van der Waals surface area contributed by atoms with E-state index in [0.717, 1.165) is 37.6 Å². The van der Waals surface area contributed by atoms with Crippen LogP contribution >= 0.6 is 0 Å². The lowest BCUT2D eigenvalue weighted by atomic mass is 10.0. The molecule has 0 spiro atoms. The number of likely N-dealkylation sites (tertiary alicyclic amines) is 1. The summed E-state index contributed by atoms with van der Waals surface area (Å²) in [6.45, 7) is 6.89. The van der Waals surface area contributed by atoms with Gasteiger partial charge in [0.2, 0.25) is 5.91 Å². The fourth-order valence-corrected chi connectivity index (χ4v) is 3.56. The molecule has 2 aliphatic heterocycles. The summed E-state index contributed by atoms with van der Waals surface area (Å²) in [5.74, 6) is 0.121.